The number of carbonyl (C=O) groups is 1. The number of anilines is 2. The van der Waals surface area contributed by atoms with E-state index in [1.54, 1.807) is 20.8 Å². The van der Waals surface area contributed by atoms with Crippen LogP contribution in [0.1, 0.15) is 37.5 Å². The van der Waals surface area contributed by atoms with Gasteiger partial charge in [0.1, 0.15) is 22.5 Å². The summed E-state index contributed by atoms with van der Waals surface area (Å²) in [6, 6.07) is 5.95. The van der Waals surface area contributed by atoms with Crippen LogP contribution in [-0.2, 0) is 22.7 Å². The van der Waals surface area contributed by atoms with Crippen LogP contribution in [0.15, 0.2) is 18.3 Å². The summed E-state index contributed by atoms with van der Waals surface area (Å²) in [5.41, 5.74) is 2.28. The molecule has 0 unspecified atom stereocenters. The Bertz CT molecular complexity index is 1830. The number of fused-ring (bicyclic) bond motifs is 4. The lowest BCUT2D eigenvalue weighted by Gasteiger charge is -2.22. The Morgan fingerprint density at radius 2 is 2.05 bits per heavy atom. The SMILES string of the molecule is CN(C)[C@@H]1CN(c2ccc3c4c(c(-c5ncc(F)c6sc(NC(=O)OC(C)(C)C)c(C#N)c56)c(Cl)c3n2)COC4)C[C@H]1O. The number of β-amino-alcohol motifs (C(OH)–C–C–N with tert-alkyl or cyclic N) is 1. The minimum absolute atomic E-state index is 0.0415. The molecule has 43 heavy (non-hydrogen) atoms. The number of nitrogens with zero attached hydrogens (tertiary/aromatic N) is 5. The number of rotatable bonds is 4. The number of aromatic nitrogens is 2. The van der Waals surface area contributed by atoms with Gasteiger partial charge in [-0.15, -0.1) is 11.3 Å². The molecule has 13 heteroatoms. The Kier molecular flexibility index (Phi) is 7.43. The fourth-order valence-electron chi connectivity index (χ4n) is 5.74. The van der Waals surface area contributed by atoms with E-state index < -0.39 is 23.6 Å². The molecule has 1 amide bonds. The second-order valence-corrected chi connectivity index (χ2v) is 13.3. The molecule has 2 atom stereocenters. The minimum atomic E-state index is -0.767. The number of halogens is 2. The van der Waals surface area contributed by atoms with Gasteiger partial charge in [0.25, 0.3) is 0 Å². The van der Waals surface area contributed by atoms with E-state index in [9.17, 15) is 15.2 Å². The van der Waals surface area contributed by atoms with E-state index in [2.05, 4.69) is 16.4 Å². The van der Waals surface area contributed by atoms with Crippen molar-refractivity contribution in [3.05, 3.63) is 45.9 Å². The number of aliphatic hydroxyl groups excluding tert-OH is 1. The molecule has 0 spiro atoms. The topological polar surface area (TPSA) is 124 Å². The first-order valence-corrected chi connectivity index (χ1v) is 14.9. The van der Waals surface area contributed by atoms with Crippen molar-refractivity contribution in [1.82, 2.24) is 14.9 Å². The van der Waals surface area contributed by atoms with Crippen molar-refractivity contribution >= 4 is 60.8 Å². The molecule has 1 aromatic carbocycles. The van der Waals surface area contributed by atoms with E-state index in [1.807, 2.05) is 36.0 Å². The van der Waals surface area contributed by atoms with E-state index in [0.717, 1.165) is 34.0 Å². The van der Waals surface area contributed by atoms with Gasteiger partial charge in [-0.2, -0.15) is 5.26 Å². The molecule has 1 saturated heterocycles. The van der Waals surface area contributed by atoms with Crippen molar-refractivity contribution in [1.29, 1.82) is 5.26 Å². The number of amides is 1. The summed E-state index contributed by atoms with van der Waals surface area (Å²) >= 11 is 8.08. The van der Waals surface area contributed by atoms with Gasteiger partial charge in [0.2, 0.25) is 0 Å². The molecule has 2 aliphatic rings. The highest BCUT2D eigenvalue weighted by Gasteiger charge is 2.34. The lowest BCUT2D eigenvalue weighted by atomic mass is 9.94. The Labute approximate surface area is 256 Å². The van der Waals surface area contributed by atoms with Crippen LogP contribution in [0.4, 0.5) is 20.0 Å². The number of aliphatic hydroxyl groups is 1. The number of benzene rings is 1. The van der Waals surface area contributed by atoms with Crippen LogP contribution in [0.3, 0.4) is 0 Å². The van der Waals surface area contributed by atoms with E-state index in [4.69, 9.17) is 26.1 Å². The summed E-state index contributed by atoms with van der Waals surface area (Å²) in [7, 11) is 3.87. The maximum absolute atomic E-state index is 15.2. The van der Waals surface area contributed by atoms with Gasteiger partial charge in [0.15, 0.2) is 5.82 Å². The standard InChI is InChI=1S/C30H30ClFN6O4S/c1-30(2,3)42-29(40)36-28-15(8-33)23-26(34-9-18(32)27(23)43-28)22-17-13-41-12-16(17)14-6-7-21(35-25(14)24(22)31)38-10-19(37(4)5)20(39)11-38/h6-7,9,19-20,39H,10-13H2,1-5H3,(H,36,40)/t19-,20-/m1/s1. The number of pyridine rings is 2. The summed E-state index contributed by atoms with van der Waals surface area (Å²) in [6.45, 7) is 6.77. The van der Waals surface area contributed by atoms with Crippen LogP contribution >= 0.6 is 22.9 Å². The number of nitriles is 1. The number of hydrogen-bond donors (Lipinski definition) is 2. The molecule has 2 aliphatic heterocycles. The number of nitrogens with one attached hydrogen (secondary N) is 1. The third-order valence-corrected chi connectivity index (χ3v) is 9.15. The number of ether oxygens (including phenoxy) is 2. The Balaban J connectivity index is 1.53. The first-order chi connectivity index (χ1) is 20.4. The first kappa shape index (κ1) is 29.5. The molecule has 224 valence electrons. The largest absolute Gasteiger partial charge is 0.444 e. The van der Waals surface area contributed by atoms with Gasteiger partial charge in [-0.25, -0.2) is 14.2 Å². The van der Waals surface area contributed by atoms with E-state index in [1.165, 1.54) is 0 Å². The third kappa shape index (κ3) is 5.15. The summed E-state index contributed by atoms with van der Waals surface area (Å²) in [5.74, 6) is 0.0302. The van der Waals surface area contributed by atoms with Gasteiger partial charge in [-0.3, -0.25) is 10.3 Å². The number of thiophene rings is 1. The molecular formula is C30H30ClFN6O4S. The van der Waals surface area contributed by atoms with Crippen LogP contribution < -0.4 is 10.2 Å². The van der Waals surface area contributed by atoms with Crippen molar-refractivity contribution < 1.29 is 23.8 Å². The Morgan fingerprint density at radius 1 is 1.30 bits per heavy atom. The van der Waals surface area contributed by atoms with Gasteiger partial charge < -0.3 is 24.4 Å². The maximum Gasteiger partial charge on any atom is 0.412 e. The predicted molar refractivity (Wildman–Crippen MR) is 164 cm³/mol. The molecule has 0 radical (unpaired) electrons. The van der Waals surface area contributed by atoms with Gasteiger partial charge in [0, 0.05) is 29.4 Å². The number of hydrogen-bond acceptors (Lipinski definition) is 10. The zero-order valence-corrected chi connectivity index (χ0v) is 25.9. The third-order valence-electron chi connectivity index (χ3n) is 7.67. The molecule has 5 heterocycles. The van der Waals surface area contributed by atoms with Crippen molar-refractivity contribution in [2.24, 2.45) is 0 Å². The zero-order chi connectivity index (χ0) is 30.8. The van der Waals surface area contributed by atoms with Crippen molar-refractivity contribution in [2.45, 2.75) is 51.7 Å². The second-order valence-electron chi connectivity index (χ2n) is 11.9. The summed E-state index contributed by atoms with van der Waals surface area (Å²) < 4.78 is 26.5. The molecule has 4 aromatic rings. The van der Waals surface area contributed by atoms with Gasteiger partial charge in [0.05, 0.1) is 58.1 Å². The summed E-state index contributed by atoms with van der Waals surface area (Å²) in [4.78, 5) is 26.0. The van der Waals surface area contributed by atoms with Crippen molar-refractivity contribution in [3.63, 3.8) is 0 Å². The summed E-state index contributed by atoms with van der Waals surface area (Å²) in [6.07, 6.45) is -0.203. The molecule has 6 rings (SSSR count). The summed E-state index contributed by atoms with van der Waals surface area (Å²) in [5, 5.41) is 24.9. The van der Waals surface area contributed by atoms with Gasteiger partial charge >= 0.3 is 6.09 Å². The van der Waals surface area contributed by atoms with E-state index in [-0.39, 0.29) is 33.3 Å². The maximum atomic E-state index is 15.2. The number of carbonyl (C=O) groups excluding carboxylic acids is 1. The zero-order valence-electron chi connectivity index (χ0n) is 24.3. The molecule has 2 N–H and O–H groups in total. The number of likely N-dealkylation sites (N-methyl/N-ethyl adjacent to an activating group) is 1. The van der Waals surface area contributed by atoms with Crippen molar-refractivity contribution in [3.8, 4) is 17.3 Å². The fourth-order valence-corrected chi connectivity index (χ4v) is 7.13. The van der Waals surface area contributed by atoms with E-state index in [0.29, 0.717) is 47.3 Å². The molecule has 10 nitrogen and oxygen atoms in total. The Morgan fingerprint density at radius 3 is 2.72 bits per heavy atom. The highest BCUT2D eigenvalue weighted by Crippen LogP contribution is 2.48. The van der Waals surface area contributed by atoms with Crippen LogP contribution in [0.2, 0.25) is 5.02 Å². The highest BCUT2D eigenvalue weighted by molar-refractivity contribution is 7.23. The van der Waals surface area contributed by atoms with Crippen LogP contribution in [-0.4, -0.2) is 71.0 Å². The normalized spacial score (nSPS) is 18.5. The molecule has 1 fully saturated rings. The monoisotopic (exact) mass is 624 g/mol. The second kappa shape index (κ2) is 10.8. The van der Waals surface area contributed by atoms with Crippen LogP contribution in [0.25, 0.3) is 32.2 Å². The van der Waals surface area contributed by atoms with E-state index >= 15 is 4.39 Å². The smallest absolute Gasteiger partial charge is 0.412 e. The van der Waals surface area contributed by atoms with Crippen LogP contribution in [0.5, 0.6) is 0 Å². The average molecular weight is 625 g/mol. The minimum Gasteiger partial charge on any atom is -0.444 e. The highest BCUT2D eigenvalue weighted by atomic mass is 35.5. The quantitative estimate of drug-likeness (QED) is 0.296. The van der Waals surface area contributed by atoms with Crippen molar-refractivity contribution in [2.75, 3.05) is 37.4 Å². The molecule has 3 aromatic heterocycles. The lowest BCUT2D eigenvalue weighted by Crippen LogP contribution is -2.38. The molecule has 0 bridgehead atoms. The van der Waals surface area contributed by atoms with Gasteiger partial charge in [-0.05, 0) is 58.1 Å². The first-order valence-electron chi connectivity index (χ1n) is 13.7. The molecule has 0 aliphatic carbocycles. The van der Waals surface area contributed by atoms with Crippen LogP contribution in [0, 0.1) is 17.1 Å². The van der Waals surface area contributed by atoms with Gasteiger partial charge in [-0.1, -0.05) is 11.6 Å². The average Bonchev–Trinajstić information content (AvgIpc) is 3.66. The molecule has 0 saturated carbocycles. The predicted octanol–water partition coefficient (Wildman–Crippen LogP) is 5.66. The molecular weight excluding hydrogens is 595 g/mol. The lowest BCUT2D eigenvalue weighted by molar-refractivity contribution is 0.0636. The fraction of sp³-hybridized carbons (Fsp3) is 0.400. The Hall–Kier alpha value is -3.60.